The molecule has 0 atom stereocenters. The van der Waals surface area contributed by atoms with Crippen LogP contribution in [0.1, 0.15) is 16.1 Å². The van der Waals surface area contributed by atoms with E-state index in [2.05, 4.69) is 15.5 Å². The molecular formula is C14H16N4O3. The summed E-state index contributed by atoms with van der Waals surface area (Å²) in [6, 6.07) is 8.55. The zero-order valence-electron chi connectivity index (χ0n) is 11.5. The third kappa shape index (κ3) is 4.07. The van der Waals surface area contributed by atoms with Crippen molar-refractivity contribution in [2.45, 2.75) is 6.54 Å². The molecule has 2 aromatic rings. The van der Waals surface area contributed by atoms with Crippen LogP contribution in [0.4, 0.5) is 5.69 Å². The number of nitrogens with zero attached hydrogens (tertiary/aromatic N) is 2. The van der Waals surface area contributed by atoms with Gasteiger partial charge in [0.25, 0.3) is 5.91 Å². The number of rotatable bonds is 6. The van der Waals surface area contributed by atoms with Gasteiger partial charge in [0, 0.05) is 24.5 Å². The van der Waals surface area contributed by atoms with Crippen LogP contribution in [0.3, 0.4) is 0 Å². The van der Waals surface area contributed by atoms with Gasteiger partial charge in [-0.1, -0.05) is 6.07 Å². The highest BCUT2D eigenvalue weighted by molar-refractivity contribution is 5.95. The van der Waals surface area contributed by atoms with Crippen molar-refractivity contribution >= 4 is 17.6 Å². The minimum Gasteiger partial charge on any atom is -0.480 e. The van der Waals surface area contributed by atoms with E-state index < -0.39 is 5.97 Å². The number of hydrogen-bond acceptors (Lipinski definition) is 4. The Morgan fingerprint density at radius 2 is 2.19 bits per heavy atom. The lowest BCUT2D eigenvalue weighted by Crippen LogP contribution is -2.26. The van der Waals surface area contributed by atoms with Crippen LogP contribution < -0.4 is 5.32 Å². The molecule has 3 N–H and O–H groups in total. The van der Waals surface area contributed by atoms with Crippen LogP contribution >= 0.6 is 0 Å². The van der Waals surface area contributed by atoms with Gasteiger partial charge in [0.05, 0.1) is 12.2 Å². The summed E-state index contributed by atoms with van der Waals surface area (Å²) in [7, 11) is 1.69. The van der Waals surface area contributed by atoms with E-state index in [1.165, 1.54) is 0 Å². The Balaban J connectivity index is 2.04. The Hall–Kier alpha value is -2.83. The van der Waals surface area contributed by atoms with Crippen molar-refractivity contribution < 1.29 is 14.7 Å². The fourth-order valence-corrected chi connectivity index (χ4v) is 1.86. The highest BCUT2D eigenvalue weighted by Crippen LogP contribution is 2.13. The summed E-state index contributed by atoms with van der Waals surface area (Å²) < 4.78 is 0. The van der Waals surface area contributed by atoms with Gasteiger partial charge < -0.3 is 15.3 Å². The second-order valence-electron chi connectivity index (χ2n) is 4.57. The van der Waals surface area contributed by atoms with Crippen LogP contribution in [-0.2, 0) is 11.3 Å². The predicted molar refractivity (Wildman–Crippen MR) is 77.0 cm³/mol. The van der Waals surface area contributed by atoms with Crippen LogP contribution in [0, 0.1) is 0 Å². The molecule has 1 heterocycles. The van der Waals surface area contributed by atoms with E-state index in [4.69, 9.17) is 5.11 Å². The van der Waals surface area contributed by atoms with Gasteiger partial charge in [0.2, 0.25) is 0 Å². The number of carbonyl (C=O) groups is 2. The first kappa shape index (κ1) is 14.6. The number of carboxylic acids is 1. The minimum absolute atomic E-state index is 0.149. The van der Waals surface area contributed by atoms with Crippen molar-refractivity contribution in [1.82, 2.24) is 15.1 Å². The predicted octanol–water partition coefficient (Wildman–Crippen LogP) is 1.18. The van der Waals surface area contributed by atoms with Gasteiger partial charge >= 0.3 is 5.97 Å². The van der Waals surface area contributed by atoms with E-state index >= 15 is 0 Å². The number of carboxylic acid groups (broad SMARTS) is 1. The lowest BCUT2D eigenvalue weighted by Gasteiger charge is -2.16. The Morgan fingerprint density at radius 1 is 1.38 bits per heavy atom. The van der Waals surface area contributed by atoms with Crippen LogP contribution in [0.5, 0.6) is 0 Å². The molecular weight excluding hydrogens is 272 g/mol. The first-order valence-electron chi connectivity index (χ1n) is 6.35. The molecule has 7 heteroatoms. The molecule has 7 nitrogen and oxygen atoms in total. The normalized spacial score (nSPS) is 10.1. The molecule has 0 aliphatic heterocycles. The van der Waals surface area contributed by atoms with Crippen molar-refractivity contribution in [3.63, 3.8) is 0 Å². The second-order valence-corrected chi connectivity index (χ2v) is 4.57. The summed E-state index contributed by atoms with van der Waals surface area (Å²) in [5.41, 5.74) is 1.93. The molecule has 0 fully saturated rings. The molecule has 2 rings (SSSR count). The molecule has 0 saturated carbocycles. The van der Waals surface area contributed by atoms with Crippen molar-refractivity contribution in [3.05, 3.63) is 47.8 Å². The maximum atomic E-state index is 12.3. The molecule has 0 spiro atoms. The zero-order chi connectivity index (χ0) is 15.2. The SMILES string of the molecule is CN(Cc1ccn[nH]1)C(=O)c1cccc(NCC(=O)O)c1. The van der Waals surface area contributed by atoms with Gasteiger partial charge in [-0.05, 0) is 24.3 Å². The smallest absolute Gasteiger partial charge is 0.322 e. The number of nitrogens with one attached hydrogen (secondary N) is 2. The average Bonchev–Trinajstić information content (AvgIpc) is 2.97. The van der Waals surface area contributed by atoms with Crippen molar-refractivity contribution in [2.24, 2.45) is 0 Å². The van der Waals surface area contributed by atoms with Gasteiger partial charge in [-0.3, -0.25) is 14.7 Å². The first-order valence-corrected chi connectivity index (χ1v) is 6.35. The molecule has 0 bridgehead atoms. The molecule has 0 unspecified atom stereocenters. The average molecular weight is 288 g/mol. The number of anilines is 1. The van der Waals surface area contributed by atoms with E-state index in [0.29, 0.717) is 17.8 Å². The third-order valence-electron chi connectivity index (χ3n) is 2.87. The maximum Gasteiger partial charge on any atom is 0.322 e. The summed E-state index contributed by atoms with van der Waals surface area (Å²) in [6.45, 7) is 0.229. The number of benzene rings is 1. The van der Waals surface area contributed by atoms with Crippen molar-refractivity contribution in [3.8, 4) is 0 Å². The van der Waals surface area contributed by atoms with Crippen molar-refractivity contribution in [2.75, 3.05) is 18.9 Å². The van der Waals surface area contributed by atoms with Crippen LogP contribution in [-0.4, -0.2) is 45.7 Å². The summed E-state index contributed by atoms with van der Waals surface area (Å²) in [6.07, 6.45) is 1.63. The summed E-state index contributed by atoms with van der Waals surface area (Å²) in [5, 5.41) is 18.0. The molecule has 0 radical (unpaired) electrons. The van der Waals surface area contributed by atoms with E-state index in [0.717, 1.165) is 5.69 Å². The number of carbonyl (C=O) groups excluding carboxylic acids is 1. The van der Waals surface area contributed by atoms with E-state index in [9.17, 15) is 9.59 Å². The third-order valence-corrected chi connectivity index (χ3v) is 2.87. The monoisotopic (exact) mass is 288 g/mol. The molecule has 1 aromatic heterocycles. The van der Waals surface area contributed by atoms with Crippen molar-refractivity contribution in [1.29, 1.82) is 0 Å². The van der Waals surface area contributed by atoms with Gasteiger partial charge in [0.1, 0.15) is 6.54 Å². The molecule has 0 saturated heterocycles. The van der Waals surface area contributed by atoms with E-state index in [-0.39, 0.29) is 12.5 Å². The number of aromatic amines is 1. The van der Waals surface area contributed by atoms with Gasteiger partial charge in [0.15, 0.2) is 0 Å². The Morgan fingerprint density at radius 3 is 2.86 bits per heavy atom. The van der Waals surface area contributed by atoms with Gasteiger partial charge in [-0.25, -0.2) is 0 Å². The molecule has 21 heavy (non-hydrogen) atoms. The number of H-pyrrole nitrogens is 1. The Labute approximate surface area is 121 Å². The second kappa shape index (κ2) is 6.56. The number of aliphatic carboxylic acids is 1. The summed E-state index contributed by atoms with van der Waals surface area (Å²) in [5.74, 6) is -1.10. The van der Waals surface area contributed by atoms with Crippen LogP contribution in [0.2, 0.25) is 0 Å². The lowest BCUT2D eigenvalue weighted by atomic mass is 10.1. The number of hydrogen-bond donors (Lipinski definition) is 3. The topological polar surface area (TPSA) is 98.3 Å². The largest absolute Gasteiger partial charge is 0.480 e. The molecule has 0 aliphatic rings. The van der Waals surface area contributed by atoms with E-state index in [1.54, 1.807) is 48.5 Å². The van der Waals surface area contributed by atoms with Crippen LogP contribution in [0.15, 0.2) is 36.5 Å². The maximum absolute atomic E-state index is 12.3. The van der Waals surface area contributed by atoms with Gasteiger partial charge in [-0.2, -0.15) is 5.10 Å². The first-order chi connectivity index (χ1) is 10.1. The number of aromatic nitrogens is 2. The number of amides is 1. The highest BCUT2D eigenvalue weighted by atomic mass is 16.4. The molecule has 0 aliphatic carbocycles. The van der Waals surface area contributed by atoms with Crippen LogP contribution in [0.25, 0.3) is 0 Å². The molecule has 1 aromatic carbocycles. The summed E-state index contributed by atoms with van der Waals surface area (Å²) >= 11 is 0. The molecule has 1 amide bonds. The molecule has 110 valence electrons. The quantitative estimate of drug-likeness (QED) is 0.741. The minimum atomic E-state index is -0.955. The highest BCUT2D eigenvalue weighted by Gasteiger charge is 2.13. The lowest BCUT2D eigenvalue weighted by molar-refractivity contribution is -0.134. The van der Waals surface area contributed by atoms with Gasteiger partial charge in [-0.15, -0.1) is 0 Å². The van der Waals surface area contributed by atoms with E-state index in [1.807, 2.05) is 0 Å². The standard InChI is InChI=1S/C14H16N4O3/c1-18(9-12-5-6-16-17-12)14(21)10-3-2-4-11(7-10)15-8-13(19)20/h2-7,15H,8-9H2,1H3,(H,16,17)(H,19,20). The fourth-order valence-electron chi connectivity index (χ4n) is 1.86. The Bertz CT molecular complexity index is 625. The summed E-state index contributed by atoms with van der Waals surface area (Å²) in [4.78, 5) is 24.4. The zero-order valence-corrected chi connectivity index (χ0v) is 11.5. The fraction of sp³-hybridized carbons (Fsp3) is 0.214. The Kier molecular flexibility index (Phi) is 4.55.